The Hall–Kier alpha value is -0.120. The van der Waals surface area contributed by atoms with Crippen LogP contribution in [0.4, 0.5) is 0 Å². The first-order valence-electron chi connectivity index (χ1n) is 7.60. The lowest BCUT2D eigenvalue weighted by Crippen LogP contribution is -2.46. The first kappa shape index (κ1) is 15.9. The largest absolute Gasteiger partial charge is 0.316 e. The van der Waals surface area contributed by atoms with Crippen LogP contribution in [0.5, 0.6) is 0 Å². The third-order valence-electron chi connectivity index (χ3n) is 4.32. The van der Waals surface area contributed by atoms with Crippen molar-refractivity contribution in [1.82, 2.24) is 15.1 Å². The van der Waals surface area contributed by atoms with Gasteiger partial charge in [0.2, 0.25) is 0 Å². The summed E-state index contributed by atoms with van der Waals surface area (Å²) in [5.41, 5.74) is 0.422. The summed E-state index contributed by atoms with van der Waals surface area (Å²) in [6, 6.07) is 0.771. The smallest absolute Gasteiger partial charge is 0.0223 e. The van der Waals surface area contributed by atoms with E-state index in [1.807, 2.05) is 0 Å². The van der Waals surface area contributed by atoms with E-state index >= 15 is 0 Å². The zero-order valence-electron chi connectivity index (χ0n) is 13.1. The van der Waals surface area contributed by atoms with E-state index in [0.717, 1.165) is 19.1 Å². The molecule has 0 spiro atoms. The highest BCUT2D eigenvalue weighted by Gasteiger charge is 2.31. The SMILES string of the molecule is CCNCC(C)(CC)CN1CCCC1CN(C)C. The average Bonchev–Trinajstić information content (AvgIpc) is 2.73. The van der Waals surface area contributed by atoms with Gasteiger partial charge in [-0.25, -0.2) is 0 Å². The van der Waals surface area contributed by atoms with E-state index in [9.17, 15) is 0 Å². The first-order valence-corrected chi connectivity index (χ1v) is 7.60. The van der Waals surface area contributed by atoms with Crippen molar-refractivity contribution >= 4 is 0 Å². The molecule has 1 N–H and O–H groups in total. The molecule has 0 aromatic heterocycles. The fraction of sp³-hybridized carbons (Fsp3) is 1.00. The van der Waals surface area contributed by atoms with E-state index in [1.165, 1.54) is 38.9 Å². The van der Waals surface area contributed by atoms with Gasteiger partial charge in [0.15, 0.2) is 0 Å². The lowest BCUT2D eigenvalue weighted by Gasteiger charge is -2.37. The molecule has 0 bridgehead atoms. The van der Waals surface area contributed by atoms with E-state index in [4.69, 9.17) is 0 Å². The zero-order valence-corrected chi connectivity index (χ0v) is 13.1. The van der Waals surface area contributed by atoms with Crippen LogP contribution in [0.15, 0.2) is 0 Å². The van der Waals surface area contributed by atoms with Gasteiger partial charge in [0.25, 0.3) is 0 Å². The average molecular weight is 255 g/mol. The number of rotatable bonds is 8. The normalized spacial score (nSPS) is 24.7. The summed E-state index contributed by atoms with van der Waals surface area (Å²) < 4.78 is 0. The number of likely N-dealkylation sites (tertiary alicyclic amines) is 1. The van der Waals surface area contributed by atoms with Crippen molar-refractivity contribution < 1.29 is 0 Å². The standard InChI is InChI=1S/C15H33N3/c1-6-15(3,12-16-7-2)13-18-10-8-9-14(18)11-17(4)5/h14,16H,6-13H2,1-5H3. The van der Waals surface area contributed by atoms with Crippen molar-refractivity contribution in [1.29, 1.82) is 0 Å². The van der Waals surface area contributed by atoms with Gasteiger partial charge in [-0.15, -0.1) is 0 Å². The molecule has 2 atom stereocenters. The van der Waals surface area contributed by atoms with Crippen LogP contribution in [0.2, 0.25) is 0 Å². The van der Waals surface area contributed by atoms with Crippen LogP contribution in [0.25, 0.3) is 0 Å². The number of nitrogens with zero attached hydrogens (tertiary/aromatic N) is 2. The molecule has 0 aromatic carbocycles. The molecule has 2 unspecified atom stereocenters. The summed E-state index contributed by atoms with van der Waals surface area (Å²) in [5.74, 6) is 0. The van der Waals surface area contributed by atoms with Crippen molar-refractivity contribution in [3.63, 3.8) is 0 Å². The quantitative estimate of drug-likeness (QED) is 0.716. The van der Waals surface area contributed by atoms with Gasteiger partial charge in [-0.2, -0.15) is 0 Å². The molecule has 1 heterocycles. The maximum atomic E-state index is 3.53. The highest BCUT2D eigenvalue weighted by molar-refractivity contribution is 4.87. The summed E-state index contributed by atoms with van der Waals surface area (Å²) in [6.07, 6.45) is 4.00. The second-order valence-electron chi connectivity index (χ2n) is 6.47. The summed E-state index contributed by atoms with van der Waals surface area (Å²) >= 11 is 0. The molecule has 0 radical (unpaired) electrons. The van der Waals surface area contributed by atoms with Crippen molar-refractivity contribution in [3.05, 3.63) is 0 Å². The lowest BCUT2D eigenvalue weighted by atomic mass is 9.86. The maximum absolute atomic E-state index is 3.53. The fourth-order valence-electron chi connectivity index (χ4n) is 2.94. The van der Waals surface area contributed by atoms with Gasteiger partial charge in [-0.3, -0.25) is 4.90 Å². The van der Waals surface area contributed by atoms with Crippen LogP contribution in [-0.4, -0.2) is 62.7 Å². The minimum Gasteiger partial charge on any atom is -0.316 e. The zero-order chi connectivity index (χ0) is 13.6. The number of hydrogen-bond acceptors (Lipinski definition) is 3. The third-order valence-corrected chi connectivity index (χ3v) is 4.32. The van der Waals surface area contributed by atoms with E-state index in [2.05, 4.69) is 50.0 Å². The molecule has 1 rings (SSSR count). The van der Waals surface area contributed by atoms with E-state index in [0.29, 0.717) is 5.41 Å². The second kappa shape index (κ2) is 7.46. The van der Waals surface area contributed by atoms with E-state index < -0.39 is 0 Å². The molecule has 108 valence electrons. The van der Waals surface area contributed by atoms with Crippen molar-refractivity contribution in [2.45, 2.75) is 46.1 Å². The molecule has 0 saturated carbocycles. The first-order chi connectivity index (χ1) is 8.50. The Balaban J connectivity index is 2.51. The van der Waals surface area contributed by atoms with Crippen LogP contribution >= 0.6 is 0 Å². The van der Waals surface area contributed by atoms with Gasteiger partial charge in [-0.1, -0.05) is 20.8 Å². The number of likely N-dealkylation sites (N-methyl/N-ethyl adjacent to an activating group) is 1. The predicted octanol–water partition coefficient (Wildman–Crippen LogP) is 2.04. The van der Waals surface area contributed by atoms with Crippen LogP contribution in [-0.2, 0) is 0 Å². The third kappa shape index (κ3) is 4.87. The molecule has 0 amide bonds. The number of nitrogens with one attached hydrogen (secondary N) is 1. The fourth-order valence-corrected chi connectivity index (χ4v) is 2.94. The molecule has 1 fully saturated rings. The molecule has 1 aliphatic rings. The molecule has 1 aliphatic heterocycles. The van der Waals surface area contributed by atoms with Crippen LogP contribution in [0.1, 0.15) is 40.0 Å². The molecular formula is C15H33N3. The Morgan fingerprint density at radius 3 is 2.61 bits per heavy atom. The predicted molar refractivity (Wildman–Crippen MR) is 80.1 cm³/mol. The summed E-state index contributed by atoms with van der Waals surface area (Å²) in [6.45, 7) is 12.9. The monoisotopic (exact) mass is 255 g/mol. The van der Waals surface area contributed by atoms with Crippen LogP contribution < -0.4 is 5.32 Å². The topological polar surface area (TPSA) is 18.5 Å². The minimum atomic E-state index is 0.422. The minimum absolute atomic E-state index is 0.422. The van der Waals surface area contributed by atoms with Gasteiger partial charge < -0.3 is 10.2 Å². The second-order valence-corrected chi connectivity index (χ2v) is 6.47. The molecule has 3 heteroatoms. The molecule has 0 aliphatic carbocycles. The van der Waals surface area contributed by atoms with Crippen molar-refractivity contribution in [2.24, 2.45) is 5.41 Å². The van der Waals surface area contributed by atoms with Gasteiger partial charge in [-0.05, 0) is 51.9 Å². The van der Waals surface area contributed by atoms with Gasteiger partial charge in [0.05, 0.1) is 0 Å². The Morgan fingerprint density at radius 2 is 2.06 bits per heavy atom. The van der Waals surface area contributed by atoms with Crippen molar-refractivity contribution in [3.8, 4) is 0 Å². The Morgan fingerprint density at radius 1 is 1.33 bits per heavy atom. The number of hydrogen-bond donors (Lipinski definition) is 1. The molecule has 3 nitrogen and oxygen atoms in total. The van der Waals surface area contributed by atoms with Crippen molar-refractivity contribution in [2.75, 3.05) is 46.8 Å². The lowest BCUT2D eigenvalue weighted by molar-refractivity contribution is 0.129. The van der Waals surface area contributed by atoms with Crippen LogP contribution in [0, 0.1) is 5.41 Å². The van der Waals surface area contributed by atoms with Gasteiger partial charge >= 0.3 is 0 Å². The molecule has 0 aromatic rings. The summed E-state index contributed by atoms with van der Waals surface area (Å²) in [7, 11) is 4.38. The highest BCUT2D eigenvalue weighted by Crippen LogP contribution is 2.27. The van der Waals surface area contributed by atoms with E-state index in [-0.39, 0.29) is 0 Å². The molecular weight excluding hydrogens is 222 g/mol. The summed E-state index contributed by atoms with van der Waals surface area (Å²) in [5, 5.41) is 3.53. The Labute approximate surface area is 114 Å². The van der Waals surface area contributed by atoms with Gasteiger partial charge in [0, 0.05) is 25.7 Å². The van der Waals surface area contributed by atoms with Gasteiger partial charge in [0.1, 0.15) is 0 Å². The molecule has 18 heavy (non-hydrogen) atoms. The Kier molecular flexibility index (Phi) is 6.61. The van der Waals surface area contributed by atoms with Crippen LogP contribution in [0.3, 0.4) is 0 Å². The highest BCUT2D eigenvalue weighted by atomic mass is 15.2. The summed E-state index contributed by atoms with van der Waals surface area (Å²) in [4.78, 5) is 5.05. The van der Waals surface area contributed by atoms with E-state index in [1.54, 1.807) is 0 Å². The molecule has 1 saturated heterocycles. The maximum Gasteiger partial charge on any atom is 0.0223 e. The Bertz CT molecular complexity index is 230.